The number of hydrogen-bond donors (Lipinski definition) is 0. The Labute approximate surface area is 165 Å². The van der Waals surface area contributed by atoms with Crippen molar-refractivity contribution < 1.29 is 17.9 Å². The van der Waals surface area contributed by atoms with E-state index < -0.39 is 22.5 Å². The maximum Gasteiger partial charge on any atom is 0.278 e. The number of para-hydroxylation sites is 2. The molecule has 28 heavy (non-hydrogen) atoms. The van der Waals surface area contributed by atoms with Gasteiger partial charge in [-0.1, -0.05) is 54.6 Å². The lowest BCUT2D eigenvalue weighted by Crippen LogP contribution is -2.40. The maximum absolute atomic E-state index is 13.2. The van der Waals surface area contributed by atoms with E-state index >= 15 is 0 Å². The van der Waals surface area contributed by atoms with E-state index in [-0.39, 0.29) is 10.6 Å². The van der Waals surface area contributed by atoms with Crippen LogP contribution in [0.25, 0.3) is 0 Å². The number of hydrogen-bond acceptors (Lipinski definition) is 4. The molecule has 0 aliphatic rings. The Morgan fingerprint density at radius 2 is 1.36 bits per heavy atom. The number of aryl methyl sites for hydroxylation is 2. The normalized spacial score (nSPS) is 11.1. The number of sulfonamides is 1. The van der Waals surface area contributed by atoms with Crippen molar-refractivity contribution in [1.29, 1.82) is 0 Å². The van der Waals surface area contributed by atoms with Crippen molar-refractivity contribution >= 4 is 21.6 Å². The number of carbonyl (C=O) groups excluding carboxylic acids is 1. The van der Waals surface area contributed by atoms with Gasteiger partial charge in [-0.25, -0.2) is 8.42 Å². The molecule has 0 heterocycles. The molecule has 1 amide bonds. The zero-order valence-corrected chi connectivity index (χ0v) is 16.5. The minimum atomic E-state index is -4.07. The average Bonchev–Trinajstić information content (AvgIpc) is 2.69. The molecule has 3 aromatic rings. The molecule has 5 nitrogen and oxygen atoms in total. The quantitative estimate of drug-likeness (QED) is 0.630. The SMILES string of the molecule is Cc1cccc(C)c1OCC(=O)N(c1ccccc1)S(=O)(=O)c1ccccc1. The van der Waals surface area contributed by atoms with Gasteiger partial charge in [0.15, 0.2) is 6.61 Å². The van der Waals surface area contributed by atoms with Crippen LogP contribution in [-0.2, 0) is 14.8 Å². The summed E-state index contributed by atoms with van der Waals surface area (Å²) in [5.74, 6) is -0.0846. The monoisotopic (exact) mass is 395 g/mol. The summed E-state index contributed by atoms with van der Waals surface area (Å²) in [6.07, 6.45) is 0. The van der Waals surface area contributed by atoms with E-state index in [1.165, 1.54) is 12.1 Å². The van der Waals surface area contributed by atoms with Crippen molar-refractivity contribution in [3.05, 3.63) is 90.0 Å². The van der Waals surface area contributed by atoms with Crippen LogP contribution in [0.5, 0.6) is 5.75 Å². The van der Waals surface area contributed by atoms with Crippen LogP contribution >= 0.6 is 0 Å². The molecule has 3 aromatic carbocycles. The second-order valence-electron chi connectivity index (χ2n) is 6.32. The molecular weight excluding hydrogens is 374 g/mol. The number of carbonyl (C=O) groups is 1. The van der Waals surface area contributed by atoms with E-state index in [2.05, 4.69) is 0 Å². The van der Waals surface area contributed by atoms with Gasteiger partial charge in [0.25, 0.3) is 15.9 Å². The van der Waals surface area contributed by atoms with Crippen molar-refractivity contribution in [2.45, 2.75) is 18.7 Å². The topological polar surface area (TPSA) is 63.7 Å². The molecule has 0 aliphatic carbocycles. The average molecular weight is 395 g/mol. The smallest absolute Gasteiger partial charge is 0.278 e. The predicted molar refractivity (Wildman–Crippen MR) is 109 cm³/mol. The molecule has 0 atom stereocenters. The van der Waals surface area contributed by atoms with E-state index in [1.54, 1.807) is 48.5 Å². The third-order valence-electron chi connectivity index (χ3n) is 4.25. The van der Waals surface area contributed by atoms with E-state index in [0.717, 1.165) is 15.4 Å². The molecule has 0 bridgehead atoms. The lowest BCUT2D eigenvalue weighted by atomic mass is 10.1. The van der Waals surface area contributed by atoms with Gasteiger partial charge in [-0.3, -0.25) is 4.79 Å². The molecule has 6 heteroatoms. The third-order valence-corrected chi connectivity index (χ3v) is 6.01. The fourth-order valence-electron chi connectivity index (χ4n) is 2.90. The minimum absolute atomic E-state index is 0.0410. The Hall–Kier alpha value is -3.12. The largest absolute Gasteiger partial charge is 0.483 e. The highest BCUT2D eigenvalue weighted by Crippen LogP contribution is 2.26. The van der Waals surface area contributed by atoms with Gasteiger partial charge >= 0.3 is 0 Å². The molecule has 0 aromatic heterocycles. The summed E-state index contributed by atoms with van der Waals surface area (Å²) < 4.78 is 32.8. The lowest BCUT2D eigenvalue weighted by molar-refractivity contribution is -0.119. The van der Waals surface area contributed by atoms with Gasteiger partial charge in [0.2, 0.25) is 0 Å². The van der Waals surface area contributed by atoms with E-state index in [0.29, 0.717) is 5.75 Å². The first-order valence-corrected chi connectivity index (χ1v) is 10.2. The fourth-order valence-corrected chi connectivity index (χ4v) is 4.33. The Morgan fingerprint density at radius 3 is 1.93 bits per heavy atom. The van der Waals surface area contributed by atoms with Crippen LogP contribution in [0.2, 0.25) is 0 Å². The number of ether oxygens (including phenoxy) is 1. The second kappa shape index (κ2) is 8.27. The van der Waals surface area contributed by atoms with Crippen molar-refractivity contribution in [3.8, 4) is 5.75 Å². The number of nitrogens with zero attached hydrogens (tertiary/aromatic N) is 1. The fraction of sp³-hybridized carbons (Fsp3) is 0.136. The van der Waals surface area contributed by atoms with Crippen molar-refractivity contribution in [2.75, 3.05) is 10.9 Å². The van der Waals surface area contributed by atoms with Crippen LogP contribution in [0, 0.1) is 13.8 Å². The van der Waals surface area contributed by atoms with Crippen LogP contribution in [0.3, 0.4) is 0 Å². The summed E-state index contributed by atoms with van der Waals surface area (Å²) in [5.41, 5.74) is 2.02. The van der Waals surface area contributed by atoms with Gasteiger partial charge in [0.05, 0.1) is 10.6 Å². The van der Waals surface area contributed by atoms with E-state index in [9.17, 15) is 13.2 Å². The molecule has 0 saturated carbocycles. The van der Waals surface area contributed by atoms with Crippen LogP contribution < -0.4 is 9.04 Å². The zero-order chi connectivity index (χ0) is 20.1. The van der Waals surface area contributed by atoms with Gasteiger partial charge in [-0.15, -0.1) is 0 Å². The molecule has 0 unspecified atom stereocenters. The van der Waals surface area contributed by atoms with Crippen LogP contribution in [0.1, 0.15) is 11.1 Å². The third kappa shape index (κ3) is 4.07. The molecule has 0 fully saturated rings. The molecule has 0 saturated heterocycles. The zero-order valence-electron chi connectivity index (χ0n) is 15.7. The van der Waals surface area contributed by atoms with Crippen molar-refractivity contribution in [3.63, 3.8) is 0 Å². The highest BCUT2D eigenvalue weighted by atomic mass is 32.2. The van der Waals surface area contributed by atoms with Crippen molar-refractivity contribution in [1.82, 2.24) is 0 Å². The standard InChI is InChI=1S/C22H21NO4S/c1-17-10-9-11-18(2)22(17)27-16-21(24)23(19-12-5-3-6-13-19)28(25,26)20-14-7-4-8-15-20/h3-15H,16H2,1-2H3. The summed E-state index contributed by atoms with van der Waals surface area (Å²) in [4.78, 5) is 13.0. The first-order valence-electron chi connectivity index (χ1n) is 8.78. The Morgan fingerprint density at radius 1 is 0.821 bits per heavy atom. The Balaban J connectivity index is 1.95. The van der Waals surface area contributed by atoms with Crippen LogP contribution in [0.15, 0.2) is 83.8 Å². The molecule has 0 spiro atoms. The van der Waals surface area contributed by atoms with E-state index in [4.69, 9.17) is 4.74 Å². The first kappa shape index (κ1) is 19.6. The summed E-state index contributed by atoms with van der Waals surface area (Å²) in [5, 5.41) is 0. The minimum Gasteiger partial charge on any atom is -0.483 e. The number of anilines is 1. The number of benzene rings is 3. The molecule has 0 N–H and O–H groups in total. The first-order chi connectivity index (χ1) is 13.4. The van der Waals surface area contributed by atoms with Gasteiger partial charge in [-0.2, -0.15) is 4.31 Å². The summed E-state index contributed by atoms with van der Waals surface area (Å²) in [6.45, 7) is 3.36. The Kier molecular flexibility index (Phi) is 5.80. The lowest BCUT2D eigenvalue weighted by Gasteiger charge is -2.23. The van der Waals surface area contributed by atoms with Crippen LogP contribution in [-0.4, -0.2) is 20.9 Å². The van der Waals surface area contributed by atoms with E-state index in [1.807, 2.05) is 32.0 Å². The van der Waals surface area contributed by atoms with Crippen molar-refractivity contribution in [2.24, 2.45) is 0 Å². The molecule has 144 valence electrons. The second-order valence-corrected chi connectivity index (χ2v) is 8.11. The number of rotatable bonds is 6. The number of amides is 1. The Bertz CT molecular complexity index is 1040. The predicted octanol–water partition coefficient (Wildman–Crippen LogP) is 4.10. The van der Waals surface area contributed by atoms with Gasteiger partial charge in [-0.05, 0) is 49.2 Å². The molecule has 0 radical (unpaired) electrons. The highest BCUT2D eigenvalue weighted by molar-refractivity contribution is 7.93. The van der Waals surface area contributed by atoms with Gasteiger partial charge in [0.1, 0.15) is 5.75 Å². The highest BCUT2D eigenvalue weighted by Gasteiger charge is 2.31. The summed E-state index contributed by atoms with van der Waals surface area (Å²) in [6, 6.07) is 21.8. The van der Waals surface area contributed by atoms with Gasteiger partial charge < -0.3 is 4.74 Å². The molecular formula is C22H21NO4S. The summed E-state index contributed by atoms with van der Waals surface area (Å²) >= 11 is 0. The van der Waals surface area contributed by atoms with Crippen LogP contribution in [0.4, 0.5) is 5.69 Å². The molecule has 3 rings (SSSR count). The van der Waals surface area contributed by atoms with Gasteiger partial charge in [0, 0.05) is 0 Å². The summed E-state index contributed by atoms with van der Waals surface area (Å²) in [7, 11) is -4.07. The maximum atomic E-state index is 13.2. The molecule has 0 aliphatic heterocycles.